The molecule has 1 aromatic rings. The molecule has 2 unspecified atom stereocenters. The third-order valence-corrected chi connectivity index (χ3v) is 5.14. The van der Waals surface area contributed by atoms with Crippen molar-refractivity contribution in [2.45, 2.75) is 71.2 Å². The van der Waals surface area contributed by atoms with Crippen LogP contribution >= 0.6 is 0 Å². The summed E-state index contributed by atoms with van der Waals surface area (Å²) >= 11 is 0. The lowest BCUT2D eigenvalue weighted by Gasteiger charge is -2.34. The Balaban J connectivity index is 1.78. The van der Waals surface area contributed by atoms with Crippen LogP contribution in [0.15, 0.2) is 12.3 Å². The minimum atomic E-state index is -0.286. The van der Waals surface area contributed by atoms with Crippen molar-refractivity contribution in [2.24, 2.45) is 5.41 Å². The van der Waals surface area contributed by atoms with E-state index >= 15 is 0 Å². The summed E-state index contributed by atoms with van der Waals surface area (Å²) in [6, 6.07) is 3.48. The van der Waals surface area contributed by atoms with Crippen LogP contribution in [0.25, 0.3) is 0 Å². The maximum absolute atomic E-state index is 10.3. The van der Waals surface area contributed by atoms with E-state index in [0.29, 0.717) is 6.04 Å². The second-order valence-electron chi connectivity index (χ2n) is 7.68. The number of likely N-dealkylation sites (N-methyl/N-ethyl adjacent to an activating group) is 1. The van der Waals surface area contributed by atoms with E-state index in [1.54, 1.807) is 0 Å². The highest BCUT2D eigenvalue weighted by Crippen LogP contribution is 2.41. The van der Waals surface area contributed by atoms with E-state index in [9.17, 15) is 5.11 Å². The van der Waals surface area contributed by atoms with Crippen molar-refractivity contribution in [3.8, 4) is 0 Å². The minimum absolute atomic E-state index is 0.203. The molecule has 0 saturated heterocycles. The molecule has 2 atom stereocenters. The lowest BCUT2D eigenvalue weighted by molar-refractivity contribution is 0.0972. The van der Waals surface area contributed by atoms with Crippen LogP contribution in [0.4, 0.5) is 0 Å². The second-order valence-corrected chi connectivity index (χ2v) is 7.68. The van der Waals surface area contributed by atoms with Crippen molar-refractivity contribution < 1.29 is 5.11 Å². The van der Waals surface area contributed by atoms with Crippen molar-refractivity contribution in [1.82, 2.24) is 9.47 Å². The molecule has 1 fully saturated rings. The van der Waals surface area contributed by atoms with E-state index in [2.05, 4.69) is 49.5 Å². The fourth-order valence-corrected chi connectivity index (χ4v) is 3.61. The molecule has 0 aromatic carbocycles. The first-order valence-electron chi connectivity index (χ1n) is 7.95. The first-order chi connectivity index (χ1) is 9.37. The predicted octanol–water partition coefficient (Wildman–Crippen LogP) is 2.98. The Hall–Kier alpha value is -0.800. The fourth-order valence-electron chi connectivity index (χ4n) is 3.61. The molecule has 0 bridgehead atoms. The van der Waals surface area contributed by atoms with Gasteiger partial charge in [0.2, 0.25) is 0 Å². The Morgan fingerprint density at radius 3 is 2.80 bits per heavy atom. The van der Waals surface area contributed by atoms with Crippen molar-refractivity contribution in [3.63, 3.8) is 0 Å². The van der Waals surface area contributed by atoms with Gasteiger partial charge >= 0.3 is 0 Å². The Morgan fingerprint density at radius 1 is 1.45 bits per heavy atom. The van der Waals surface area contributed by atoms with Crippen molar-refractivity contribution in [3.05, 3.63) is 23.5 Å². The van der Waals surface area contributed by atoms with Gasteiger partial charge in [-0.05, 0) is 51.1 Å². The van der Waals surface area contributed by atoms with Crippen LogP contribution in [-0.4, -0.2) is 33.7 Å². The van der Waals surface area contributed by atoms with E-state index in [1.165, 1.54) is 18.5 Å². The third kappa shape index (κ3) is 2.66. The summed E-state index contributed by atoms with van der Waals surface area (Å²) in [6.45, 7) is 7.87. The van der Waals surface area contributed by atoms with E-state index in [1.807, 2.05) is 0 Å². The molecule has 0 spiro atoms. The van der Waals surface area contributed by atoms with Crippen molar-refractivity contribution >= 4 is 0 Å². The van der Waals surface area contributed by atoms with E-state index < -0.39 is 0 Å². The Morgan fingerprint density at radius 2 is 2.15 bits per heavy atom. The van der Waals surface area contributed by atoms with Crippen LogP contribution in [0.2, 0.25) is 0 Å². The molecular weight excluding hydrogens is 248 g/mol. The molecule has 0 aliphatic heterocycles. The van der Waals surface area contributed by atoms with Gasteiger partial charge in [0, 0.05) is 36.1 Å². The normalized spacial score (nSPS) is 26.6. The average Bonchev–Trinajstić information content (AvgIpc) is 3.12. The van der Waals surface area contributed by atoms with E-state index in [4.69, 9.17) is 0 Å². The zero-order valence-electron chi connectivity index (χ0n) is 13.3. The highest BCUT2D eigenvalue weighted by molar-refractivity contribution is 5.29. The van der Waals surface area contributed by atoms with Crippen LogP contribution < -0.4 is 0 Å². The SMILES string of the molecule is CC(Cn1ccc2c1CC(C)(C)CC2O)N(C)C1CC1. The van der Waals surface area contributed by atoms with Crippen LogP contribution in [0.5, 0.6) is 0 Å². The maximum atomic E-state index is 10.3. The highest BCUT2D eigenvalue weighted by atomic mass is 16.3. The van der Waals surface area contributed by atoms with Gasteiger partial charge in [-0.1, -0.05) is 13.8 Å². The standard InChI is InChI=1S/C17H28N2O/c1-12(18(4)13-5-6-13)11-19-8-7-14-15(19)9-17(2,3)10-16(14)20/h7-8,12-13,16,20H,5-6,9-11H2,1-4H3. The van der Waals surface area contributed by atoms with Crippen molar-refractivity contribution in [1.29, 1.82) is 0 Å². The van der Waals surface area contributed by atoms with Crippen molar-refractivity contribution in [2.75, 3.05) is 7.05 Å². The lowest BCUT2D eigenvalue weighted by atomic mass is 9.75. The Labute approximate surface area is 122 Å². The summed E-state index contributed by atoms with van der Waals surface area (Å²) in [5.41, 5.74) is 2.71. The molecule has 0 amide bonds. The monoisotopic (exact) mass is 276 g/mol. The first kappa shape index (κ1) is 14.2. The van der Waals surface area contributed by atoms with Gasteiger partial charge < -0.3 is 9.67 Å². The molecule has 1 saturated carbocycles. The quantitative estimate of drug-likeness (QED) is 0.916. The van der Waals surface area contributed by atoms with Crippen LogP contribution in [0, 0.1) is 5.41 Å². The van der Waals surface area contributed by atoms with Crippen LogP contribution in [0.1, 0.15) is 57.4 Å². The van der Waals surface area contributed by atoms with Gasteiger partial charge in [-0.2, -0.15) is 0 Å². The van der Waals surface area contributed by atoms with Crippen LogP contribution in [0.3, 0.4) is 0 Å². The number of aliphatic hydroxyl groups excluding tert-OH is 1. The molecule has 1 N–H and O–H groups in total. The third-order valence-electron chi connectivity index (χ3n) is 5.14. The number of rotatable bonds is 4. The number of nitrogens with zero attached hydrogens (tertiary/aromatic N) is 2. The molecule has 1 aromatic heterocycles. The van der Waals surface area contributed by atoms with Gasteiger partial charge in [-0.15, -0.1) is 0 Å². The maximum Gasteiger partial charge on any atom is 0.0812 e. The van der Waals surface area contributed by atoms with Gasteiger partial charge in [0.1, 0.15) is 0 Å². The zero-order chi connectivity index (χ0) is 14.5. The summed E-state index contributed by atoms with van der Waals surface area (Å²) in [4.78, 5) is 2.51. The molecule has 3 heteroatoms. The average molecular weight is 276 g/mol. The van der Waals surface area contributed by atoms with E-state index in [0.717, 1.165) is 31.0 Å². The number of hydrogen-bond donors (Lipinski definition) is 1. The predicted molar refractivity (Wildman–Crippen MR) is 81.7 cm³/mol. The summed E-state index contributed by atoms with van der Waals surface area (Å²) in [5.74, 6) is 0. The Bertz CT molecular complexity index is 487. The number of hydrogen-bond acceptors (Lipinski definition) is 2. The summed E-state index contributed by atoms with van der Waals surface area (Å²) in [5, 5.41) is 10.3. The molecule has 3 rings (SSSR count). The highest BCUT2D eigenvalue weighted by Gasteiger charge is 2.34. The van der Waals surface area contributed by atoms with Crippen LogP contribution in [-0.2, 0) is 13.0 Å². The van der Waals surface area contributed by atoms with Gasteiger partial charge in [0.15, 0.2) is 0 Å². The number of aromatic nitrogens is 1. The fraction of sp³-hybridized carbons (Fsp3) is 0.765. The number of fused-ring (bicyclic) bond motifs is 1. The van der Waals surface area contributed by atoms with E-state index in [-0.39, 0.29) is 11.5 Å². The first-order valence-corrected chi connectivity index (χ1v) is 7.95. The molecule has 20 heavy (non-hydrogen) atoms. The van der Waals surface area contributed by atoms with Gasteiger partial charge in [0.25, 0.3) is 0 Å². The summed E-state index contributed by atoms with van der Waals surface area (Å²) in [6.07, 6.45) is 6.55. The molecule has 112 valence electrons. The second kappa shape index (κ2) is 4.88. The lowest BCUT2D eigenvalue weighted by Crippen LogP contribution is -2.35. The largest absolute Gasteiger partial charge is 0.388 e. The molecule has 0 radical (unpaired) electrons. The smallest absolute Gasteiger partial charge is 0.0812 e. The topological polar surface area (TPSA) is 28.4 Å². The van der Waals surface area contributed by atoms with Gasteiger partial charge in [-0.25, -0.2) is 0 Å². The zero-order valence-corrected chi connectivity index (χ0v) is 13.3. The van der Waals surface area contributed by atoms with Gasteiger partial charge in [0.05, 0.1) is 6.10 Å². The molecule has 1 heterocycles. The minimum Gasteiger partial charge on any atom is -0.388 e. The molecule has 2 aliphatic rings. The molecule has 2 aliphatic carbocycles. The Kier molecular flexibility index (Phi) is 3.46. The number of aliphatic hydroxyl groups is 1. The molecule has 3 nitrogen and oxygen atoms in total. The summed E-state index contributed by atoms with van der Waals surface area (Å²) < 4.78 is 2.38. The van der Waals surface area contributed by atoms with Gasteiger partial charge in [-0.3, -0.25) is 4.90 Å². The summed E-state index contributed by atoms with van der Waals surface area (Å²) in [7, 11) is 2.25. The molecular formula is C17H28N2O.